The molecule has 2 saturated carbocycles. The van der Waals surface area contributed by atoms with Gasteiger partial charge in [-0.2, -0.15) is 5.10 Å². The number of likely N-dealkylation sites (tertiary alicyclic amines) is 1. The minimum absolute atomic E-state index is 0.168. The van der Waals surface area contributed by atoms with E-state index in [1.807, 2.05) is 18.3 Å². The Balaban J connectivity index is 1.01. The molecule has 2 aliphatic carbocycles. The van der Waals surface area contributed by atoms with Crippen molar-refractivity contribution in [2.45, 2.75) is 43.6 Å². The Morgan fingerprint density at radius 3 is 2.33 bits per heavy atom. The summed E-state index contributed by atoms with van der Waals surface area (Å²) >= 11 is 0. The largest absolute Gasteiger partial charge is 0.305 e. The maximum atomic E-state index is 12.8. The van der Waals surface area contributed by atoms with Crippen LogP contribution in [-0.2, 0) is 0 Å². The van der Waals surface area contributed by atoms with Crippen LogP contribution in [0.4, 0.5) is 0 Å². The standard InChI is InChI=1S/C31H30N6O2/c1-35-15-21(16-35)20-8-9-26-27(12-20)33-28(13-32-26)25-17-37(34-29(25)19-6-7-19)22-10-18(11-22)14-36-30(38)23-4-2-3-5-24(23)31(36)39/h2-5,8-9,12-13,17-19,21-22H,6-7,10-11,14-16H2,1H3. The average molecular weight is 519 g/mol. The molecule has 8 rings (SSSR count). The van der Waals surface area contributed by atoms with Gasteiger partial charge in [-0.1, -0.05) is 18.2 Å². The summed E-state index contributed by atoms with van der Waals surface area (Å²) in [7, 11) is 2.15. The molecule has 4 aliphatic rings. The van der Waals surface area contributed by atoms with Gasteiger partial charge in [0.15, 0.2) is 0 Å². The quantitative estimate of drug-likeness (QED) is 0.346. The molecule has 0 N–H and O–H groups in total. The highest BCUT2D eigenvalue weighted by Crippen LogP contribution is 2.46. The fraction of sp³-hybridized carbons (Fsp3) is 0.387. The lowest BCUT2D eigenvalue weighted by Gasteiger charge is -2.37. The number of rotatable bonds is 6. The number of likely N-dealkylation sites (N-methyl/N-ethyl adjacent to an activating group) is 1. The molecule has 2 amide bonds. The van der Waals surface area contributed by atoms with Gasteiger partial charge in [0.2, 0.25) is 0 Å². The molecule has 0 bridgehead atoms. The zero-order valence-electron chi connectivity index (χ0n) is 22.0. The second kappa shape index (κ2) is 8.55. The minimum atomic E-state index is -0.168. The van der Waals surface area contributed by atoms with E-state index in [2.05, 4.69) is 41.0 Å². The first-order valence-corrected chi connectivity index (χ1v) is 14.0. The maximum Gasteiger partial charge on any atom is 0.261 e. The van der Waals surface area contributed by atoms with Crippen LogP contribution in [0, 0.1) is 5.92 Å². The van der Waals surface area contributed by atoms with Crippen LogP contribution >= 0.6 is 0 Å². The highest BCUT2D eigenvalue weighted by molar-refractivity contribution is 6.21. The van der Waals surface area contributed by atoms with Gasteiger partial charge in [0.1, 0.15) is 0 Å². The van der Waals surface area contributed by atoms with E-state index in [0.29, 0.717) is 35.4 Å². The Bertz CT molecular complexity index is 1610. The summed E-state index contributed by atoms with van der Waals surface area (Å²) < 4.78 is 2.11. The van der Waals surface area contributed by atoms with Crippen LogP contribution < -0.4 is 0 Å². The van der Waals surface area contributed by atoms with E-state index in [4.69, 9.17) is 15.1 Å². The molecule has 2 aromatic heterocycles. The van der Waals surface area contributed by atoms with E-state index in [1.165, 1.54) is 10.5 Å². The van der Waals surface area contributed by atoms with Gasteiger partial charge in [-0.15, -0.1) is 0 Å². The van der Waals surface area contributed by atoms with E-state index in [0.717, 1.165) is 66.8 Å². The van der Waals surface area contributed by atoms with E-state index in [9.17, 15) is 9.59 Å². The van der Waals surface area contributed by atoms with Crippen molar-refractivity contribution in [2.75, 3.05) is 26.7 Å². The third kappa shape index (κ3) is 3.80. The van der Waals surface area contributed by atoms with Crippen molar-refractivity contribution in [3.8, 4) is 11.3 Å². The van der Waals surface area contributed by atoms with Crippen LogP contribution in [0.2, 0.25) is 0 Å². The number of hydrogen-bond donors (Lipinski definition) is 0. The maximum absolute atomic E-state index is 12.8. The van der Waals surface area contributed by atoms with Crippen molar-refractivity contribution in [3.63, 3.8) is 0 Å². The predicted molar refractivity (Wildman–Crippen MR) is 147 cm³/mol. The van der Waals surface area contributed by atoms with Crippen LogP contribution in [0.15, 0.2) is 54.9 Å². The van der Waals surface area contributed by atoms with Crippen molar-refractivity contribution in [1.82, 2.24) is 29.5 Å². The first kappa shape index (κ1) is 23.0. The second-order valence-electron chi connectivity index (χ2n) is 11.9. The van der Waals surface area contributed by atoms with Crippen LogP contribution in [0.1, 0.15) is 75.5 Å². The smallest absolute Gasteiger partial charge is 0.261 e. The number of carbonyl (C=O) groups excluding carboxylic acids is 2. The highest BCUT2D eigenvalue weighted by atomic mass is 16.2. The number of aromatic nitrogens is 4. The van der Waals surface area contributed by atoms with Gasteiger partial charge in [-0.05, 0) is 68.5 Å². The van der Waals surface area contributed by atoms with Crippen molar-refractivity contribution in [2.24, 2.45) is 5.92 Å². The second-order valence-corrected chi connectivity index (χ2v) is 11.9. The molecule has 0 atom stereocenters. The fourth-order valence-electron chi connectivity index (χ4n) is 6.50. The molecule has 1 saturated heterocycles. The number of nitrogens with zero attached hydrogens (tertiary/aromatic N) is 6. The summed E-state index contributed by atoms with van der Waals surface area (Å²) in [6, 6.07) is 13.9. The zero-order valence-corrected chi connectivity index (χ0v) is 22.0. The van der Waals surface area contributed by atoms with Crippen LogP contribution in [0.3, 0.4) is 0 Å². The summed E-state index contributed by atoms with van der Waals surface area (Å²) in [5.41, 5.74) is 7.35. The molecule has 0 radical (unpaired) electrons. The van der Waals surface area contributed by atoms with Gasteiger partial charge in [0, 0.05) is 43.2 Å². The lowest BCUT2D eigenvalue weighted by atomic mass is 9.80. The number of amides is 2. The van der Waals surface area contributed by atoms with E-state index >= 15 is 0 Å². The lowest BCUT2D eigenvalue weighted by Crippen LogP contribution is -2.41. The summed E-state index contributed by atoms with van der Waals surface area (Å²) in [6.07, 6.45) is 8.17. The van der Waals surface area contributed by atoms with E-state index < -0.39 is 0 Å². The number of hydrogen-bond acceptors (Lipinski definition) is 6. The van der Waals surface area contributed by atoms with Crippen molar-refractivity contribution < 1.29 is 9.59 Å². The fourth-order valence-corrected chi connectivity index (χ4v) is 6.50. The monoisotopic (exact) mass is 518 g/mol. The number of fused-ring (bicyclic) bond motifs is 2. The lowest BCUT2D eigenvalue weighted by molar-refractivity contribution is 0.0561. The molecular formula is C31H30N6O2. The Kier molecular flexibility index (Phi) is 5.04. The van der Waals surface area contributed by atoms with Crippen LogP contribution in [0.5, 0.6) is 0 Å². The molecule has 4 aromatic rings. The Labute approximate surface area is 226 Å². The van der Waals surface area contributed by atoms with Crippen molar-refractivity contribution >= 4 is 22.8 Å². The molecule has 196 valence electrons. The third-order valence-corrected chi connectivity index (χ3v) is 9.01. The summed E-state index contributed by atoms with van der Waals surface area (Å²) in [5, 5.41) is 5.05. The molecule has 2 aliphatic heterocycles. The number of carbonyl (C=O) groups is 2. The van der Waals surface area contributed by atoms with Gasteiger partial charge in [0.25, 0.3) is 11.8 Å². The number of imide groups is 1. The van der Waals surface area contributed by atoms with Crippen LogP contribution in [0.25, 0.3) is 22.3 Å². The normalized spacial score (nSPS) is 23.3. The summed E-state index contributed by atoms with van der Waals surface area (Å²) in [5.74, 6) is 1.02. The molecule has 8 heteroatoms. The SMILES string of the molecule is CN1CC(c2ccc3ncc(-c4cn(C5CC(CN6C(=O)c7ccccc7C6=O)C5)nc4C4CC4)nc3c2)C1. The molecule has 3 fully saturated rings. The van der Waals surface area contributed by atoms with E-state index in [-0.39, 0.29) is 17.9 Å². The molecule has 4 heterocycles. The third-order valence-electron chi connectivity index (χ3n) is 9.01. The summed E-state index contributed by atoms with van der Waals surface area (Å²) in [6.45, 7) is 2.65. The zero-order chi connectivity index (χ0) is 26.2. The first-order chi connectivity index (χ1) is 19.0. The first-order valence-electron chi connectivity index (χ1n) is 14.0. The van der Waals surface area contributed by atoms with Gasteiger partial charge >= 0.3 is 0 Å². The summed E-state index contributed by atoms with van der Waals surface area (Å²) in [4.78, 5) is 39.1. The van der Waals surface area contributed by atoms with Gasteiger partial charge < -0.3 is 4.90 Å². The molecular weight excluding hydrogens is 488 g/mol. The molecule has 0 spiro atoms. The molecule has 2 aromatic carbocycles. The Morgan fingerprint density at radius 1 is 0.897 bits per heavy atom. The number of benzene rings is 2. The molecule has 8 nitrogen and oxygen atoms in total. The van der Waals surface area contributed by atoms with Crippen molar-refractivity contribution in [1.29, 1.82) is 0 Å². The van der Waals surface area contributed by atoms with Gasteiger partial charge in [-0.25, -0.2) is 4.98 Å². The van der Waals surface area contributed by atoms with Gasteiger partial charge in [-0.3, -0.25) is 24.2 Å². The predicted octanol–water partition coefficient (Wildman–Crippen LogP) is 4.65. The Morgan fingerprint density at radius 2 is 1.64 bits per heavy atom. The van der Waals surface area contributed by atoms with E-state index in [1.54, 1.807) is 12.1 Å². The Hall–Kier alpha value is -3.91. The highest BCUT2D eigenvalue weighted by Gasteiger charge is 2.41. The van der Waals surface area contributed by atoms with Gasteiger partial charge in [0.05, 0.1) is 45.8 Å². The minimum Gasteiger partial charge on any atom is -0.305 e. The van der Waals surface area contributed by atoms with Crippen LogP contribution in [-0.4, -0.2) is 68.0 Å². The molecule has 39 heavy (non-hydrogen) atoms. The molecule has 0 unspecified atom stereocenters. The van der Waals surface area contributed by atoms with Crippen molar-refractivity contribution in [3.05, 3.63) is 77.2 Å². The topological polar surface area (TPSA) is 84.2 Å². The average Bonchev–Trinajstić information content (AvgIpc) is 3.62.